The van der Waals surface area contributed by atoms with Gasteiger partial charge in [-0.15, -0.1) is 0 Å². The van der Waals surface area contributed by atoms with Gasteiger partial charge in [0.15, 0.2) is 0 Å². The molecule has 1 aliphatic rings. The molecule has 1 aromatic heterocycles. The van der Waals surface area contributed by atoms with Crippen molar-refractivity contribution in [2.75, 3.05) is 26.2 Å². The van der Waals surface area contributed by atoms with E-state index in [9.17, 15) is 17.6 Å². The number of furan rings is 1. The lowest BCUT2D eigenvalue weighted by atomic mass is 10.2. The van der Waals surface area contributed by atoms with Gasteiger partial charge in [0.25, 0.3) is 5.91 Å². The van der Waals surface area contributed by atoms with Gasteiger partial charge in [0.05, 0.1) is 16.7 Å². The maximum atomic E-state index is 13.0. The number of halogens is 1. The fraction of sp³-hybridized carbons (Fsp3) is 0.353. The standard InChI is InChI=1S/C17H19FN2O4S/c1-13-16(7-12-24-13)17(21)19-8-2-9-20(11-10-19)25(22,23)15-5-3-14(18)4-6-15/h3-7,12H,2,8-11H2,1H3. The average Bonchev–Trinajstić information content (AvgIpc) is 2.86. The second kappa shape index (κ2) is 6.97. The number of hydrogen-bond donors (Lipinski definition) is 0. The summed E-state index contributed by atoms with van der Waals surface area (Å²) in [6.07, 6.45) is 1.99. The number of aryl methyl sites for hydroxylation is 1. The molecule has 1 aromatic carbocycles. The van der Waals surface area contributed by atoms with Crippen LogP contribution in [-0.2, 0) is 10.0 Å². The molecule has 1 saturated heterocycles. The van der Waals surface area contributed by atoms with Crippen LogP contribution in [0.4, 0.5) is 4.39 Å². The lowest BCUT2D eigenvalue weighted by molar-refractivity contribution is 0.0762. The van der Waals surface area contributed by atoms with E-state index in [4.69, 9.17) is 4.42 Å². The van der Waals surface area contributed by atoms with Crippen LogP contribution in [0.5, 0.6) is 0 Å². The third-order valence-electron chi connectivity index (χ3n) is 4.28. The summed E-state index contributed by atoms with van der Waals surface area (Å²) in [4.78, 5) is 14.2. The molecule has 2 heterocycles. The number of benzene rings is 1. The molecule has 0 aliphatic carbocycles. The van der Waals surface area contributed by atoms with Crippen molar-refractivity contribution in [2.24, 2.45) is 0 Å². The van der Waals surface area contributed by atoms with Gasteiger partial charge in [0.1, 0.15) is 11.6 Å². The highest BCUT2D eigenvalue weighted by Gasteiger charge is 2.29. The number of hydrogen-bond acceptors (Lipinski definition) is 4. The summed E-state index contributed by atoms with van der Waals surface area (Å²) in [5.74, 6) is -0.0978. The van der Waals surface area contributed by atoms with E-state index in [0.717, 1.165) is 12.1 Å². The first-order valence-electron chi connectivity index (χ1n) is 7.98. The molecule has 0 bridgehead atoms. The van der Waals surface area contributed by atoms with Crippen LogP contribution in [0.2, 0.25) is 0 Å². The third kappa shape index (κ3) is 3.59. The van der Waals surface area contributed by atoms with Crippen molar-refractivity contribution >= 4 is 15.9 Å². The minimum Gasteiger partial charge on any atom is -0.469 e. The molecular weight excluding hydrogens is 347 g/mol. The molecule has 134 valence electrons. The summed E-state index contributed by atoms with van der Waals surface area (Å²) in [7, 11) is -3.70. The fourth-order valence-corrected chi connectivity index (χ4v) is 4.34. The molecule has 0 N–H and O–H groups in total. The predicted molar refractivity (Wildman–Crippen MR) is 89.1 cm³/mol. The number of amides is 1. The van der Waals surface area contributed by atoms with Crippen molar-refractivity contribution in [1.29, 1.82) is 0 Å². The normalized spacial score (nSPS) is 16.6. The molecule has 1 amide bonds. The van der Waals surface area contributed by atoms with E-state index in [2.05, 4.69) is 0 Å². The van der Waals surface area contributed by atoms with Crippen LogP contribution in [0, 0.1) is 12.7 Å². The van der Waals surface area contributed by atoms with Gasteiger partial charge in [0, 0.05) is 26.2 Å². The van der Waals surface area contributed by atoms with E-state index >= 15 is 0 Å². The topological polar surface area (TPSA) is 70.8 Å². The Bertz CT molecular complexity index is 861. The van der Waals surface area contributed by atoms with Crippen LogP contribution < -0.4 is 0 Å². The minimum absolute atomic E-state index is 0.0550. The van der Waals surface area contributed by atoms with E-state index in [-0.39, 0.29) is 17.3 Å². The van der Waals surface area contributed by atoms with Crippen molar-refractivity contribution < 1.29 is 22.0 Å². The molecule has 0 saturated carbocycles. The molecule has 1 aliphatic heterocycles. The highest BCUT2D eigenvalue weighted by molar-refractivity contribution is 7.89. The summed E-state index contributed by atoms with van der Waals surface area (Å²) in [6.45, 7) is 3.00. The lowest BCUT2D eigenvalue weighted by Gasteiger charge is -2.22. The summed E-state index contributed by atoms with van der Waals surface area (Å²) in [5, 5.41) is 0. The van der Waals surface area contributed by atoms with Crippen LogP contribution in [0.15, 0.2) is 45.9 Å². The first-order chi connectivity index (χ1) is 11.9. The fourth-order valence-electron chi connectivity index (χ4n) is 2.87. The van der Waals surface area contributed by atoms with Crippen molar-refractivity contribution in [3.63, 3.8) is 0 Å². The van der Waals surface area contributed by atoms with Gasteiger partial charge in [0.2, 0.25) is 10.0 Å². The quantitative estimate of drug-likeness (QED) is 0.835. The Balaban J connectivity index is 1.74. The Morgan fingerprint density at radius 1 is 1.08 bits per heavy atom. The van der Waals surface area contributed by atoms with E-state index in [0.29, 0.717) is 37.4 Å². The van der Waals surface area contributed by atoms with Crippen LogP contribution in [0.25, 0.3) is 0 Å². The van der Waals surface area contributed by atoms with Crippen LogP contribution in [-0.4, -0.2) is 49.7 Å². The highest BCUT2D eigenvalue weighted by atomic mass is 32.2. The van der Waals surface area contributed by atoms with E-state index in [1.54, 1.807) is 17.9 Å². The molecule has 0 unspecified atom stereocenters. The van der Waals surface area contributed by atoms with Gasteiger partial charge in [-0.05, 0) is 43.7 Å². The summed E-state index contributed by atoms with van der Waals surface area (Å²) in [5.41, 5.74) is 0.495. The average molecular weight is 366 g/mol. The number of nitrogens with zero attached hydrogens (tertiary/aromatic N) is 2. The van der Waals surface area contributed by atoms with Gasteiger partial charge in [-0.2, -0.15) is 4.31 Å². The molecule has 8 heteroatoms. The number of rotatable bonds is 3. The van der Waals surface area contributed by atoms with E-state index in [1.807, 2.05) is 0 Å². The molecular formula is C17H19FN2O4S. The molecule has 2 aromatic rings. The van der Waals surface area contributed by atoms with Gasteiger partial charge >= 0.3 is 0 Å². The minimum atomic E-state index is -3.70. The Labute approximate surface area is 145 Å². The molecule has 6 nitrogen and oxygen atoms in total. The second-order valence-corrected chi connectivity index (χ2v) is 7.83. The monoisotopic (exact) mass is 366 g/mol. The largest absolute Gasteiger partial charge is 0.469 e. The SMILES string of the molecule is Cc1occc1C(=O)N1CCCN(S(=O)(=O)c2ccc(F)cc2)CC1. The lowest BCUT2D eigenvalue weighted by Crippen LogP contribution is -2.37. The summed E-state index contributed by atoms with van der Waals surface area (Å²) >= 11 is 0. The summed E-state index contributed by atoms with van der Waals surface area (Å²) in [6, 6.07) is 6.39. The third-order valence-corrected chi connectivity index (χ3v) is 6.20. The summed E-state index contributed by atoms with van der Waals surface area (Å²) < 4.78 is 44.9. The van der Waals surface area contributed by atoms with Crippen LogP contribution in [0.1, 0.15) is 22.5 Å². The molecule has 0 spiro atoms. The Hall–Kier alpha value is -2.19. The number of carbonyl (C=O) groups is 1. The maximum Gasteiger partial charge on any atom is 0.257 e. The Morgan fingerprint density at radius 2 is 1.80 bits per heavy atom. The maximum absolute atomic E-state index is 13.0. The Morgan fingerprint density at radius 3 is 2.44 bits per heavy atom. The molecule has 0 radical (unpaired) electrons. The van der Waals surface area contributed by atoms with Crippen molar-refractivity contribution in [3.8, 4) is 0 Å². The molecule has 25 heavy (non-hydrogen) atoms. The van der Waals surface area contributed by atoms with E-state index in [1.165, 1.54) is 22.7 Å². The van der Waals surface area contributed by atoms with Gasteiger partial charge in [-0.1, -0.05) is 0 Å². The van der Waals surface area contributed by atoms with E-state index < -0.39 is 15.8 Å². The first-order valence-corrected chi connectivity index (χ1v) is 9.42. The van der Waals surface area contributed by atoms with Crippen molar-refractivity contribution in [1.82, 2.24) is 9.21 Å². The van der Waals surface area contributed by atoms with Gasteiger partial charge < -0.3 is 9.32 Å². The zero-order valence-electron chi connectivity index (χ0n) is 13.8. The second-order valence-electron chi connectivity index (χ2n) is 5.89. The molecule has 3 rings (SSSR count). The predicted octanol–water partition coefficient (Wildman–Crippen LogP) is 2.26. The zero-order valence-corrected chi connectivity index (χ0v) is 14.6. The molecule has 0 atom stereocenters. The zero-order chi connectivity index (χ0) is 18.0. The van der Waals surface area contributed by atoms with Crippen LogP contribution in [0.3, 0.4) is 0 Å². The van der Waals surface area contributed by atoms with Crippen LogP contribution >= 0.6 is 0 Å². The van der Waals surface area contributed by atoms with Crippen molar-refractivity contribution in [3.05, 3.63) is 53.7 Å². The first kappa shape index (κ1) is 17.6. The molecule has 1 fully saturated rings. The van der Waals surface area contributed by atoms with Crippen molar-refractivity contribution in [2.45, 2.75) is 18.2 Å². The Kier molecular flexibility index (Phi) is 4.91. The smallest absolute Gasteiger partial charge is 0.257 e. The van der Waals surface area contributed by atoms with Gasteiger partial charge in [-0.25, -0.2) is 12.8 Å². The number of carbonyl (C=O) groups excluding carboxylic acids is 1. The highest BCUT2D eigenvalue weighted by Crippen LogP contribution is 2.19. The number of sulfonamides is 1. The van der Waals surface area contributed by atoms with Gasteiger partial charge in [-0.3, -0.25) is 4.79 Å².